The zero-order valence-electron chi connectivity index (χ0n) is 12.1. The first-order valence-corrected chi connectivity index (χ1v) is 7.29. The molecule has 2 rings (SSSR count). The maximum Gasteiger partial charge on any atom is 0.273 e. The summed E-state index contributed by atoms with van der Waals surface area (Å²) in [6.45, 7) is -0.302. The second-order valence-corrected chi connectivity index (χ2v) is 5.36. The molecule has 0 spiro atoms. The molecule has 8 heteroatoms. The standard InChI is InChI=1S/C15H13BrN2O5/c1-22-13-6-5-12(18(20)21)8-14(13)23-9-15(19)17-11-4-2-3-10(16)7-11/h2-8H,9H2,1H3,(H,17,19). The van der Waals surface area contributed by atoms with Crippen molar-refractivity contribution in [3.63, 3.8) is 0 Å². The van der Waals surface area contributed by atoms with Gasteiger partial charge in [0.05, 0.1) is 18.1 Å². The van der Waals surface area contributed by atoms with Crippen LogP contribution in [0.5, 0.6) is 11.5 Å². The van der Waals surface area contributed by atoms with E-state index in [1.165, 1.54) is 25.3 Å². The number of anilines is 1. The van der Waals surface area contributed by atoms with Gasteiger partial charge in [-0.05, 0) is 24.3 Å². The zero-order chi connectivity index (χ0) is 16.8. The van der Waals surface area contributed by atoms with Gasteiger partial charge in [-0.15, -0.1) is 0 Å². The van der Waals surface area contributed by atoms with E-state index in [2.05, 4.69) is 21.2 Å². The van der Waals surface area contributed by atoms with Gasteiger partial charge in [0.2, 0.25) is 0 Å². The van der Waals surface area contributed by atoms with E-state index in [-0.39, 0.29) is 18.0 Å². The minimum absolute atomic E-state index is 0.131. The third kappa shape index (κ3) is 4.68. The molecule has 1 N–H and O–H groups in total. The normalized spacial score (nSPS) is 10.0. The van der Waals surface area contributed by atoms with Crippen molar-refractivity contribution < 1.29 is 19.2 Å². The zero-order valence-corrected chi connectivity index (χ0v) is 13.7. The molecule has 0 radical (unpaired) electrons. The molecule has 0 saturated heterocycles. The molecule has 0 fully saturated rings. The Morgan fingerprint density at radius 2 is 2.04 bits per heavy atom. The number of benzene rings is 2. The summed E-state index contributed by atoms with van der Waals surface area (Å²) in [5.41, 5.74) is 0.465. The van der Waals surface area contributed by atoms with Crippen molar-refractivity contribution in [2.45, 2.75) is 0 Å². The molecular weight excluding hydrogens is 368 g/mol. The average molecular weight is 381 g/mol. The Morgan fingerprint density at radius 3 is 2.70 bits per heavy atom. The molecule has 0 aliphatic carbocycles. The highest BCUT2D eigenvalue weighted by Gasteiger charge is 2.14. The summed E-state index contributed by atoms with van der Waals surface area (Å²) in [6, 6.07) is 11.0. The van der Waals surface area contributed by atoms with Crippen molar-refractivity contribution in [1.29, 1.82) is 0 Å². The number of hydrogen-bond acceptors (Lipinski definition) is 5. The molecule has 0 bridgehead atoms. The van der Waals surface area contributed by atoms with Crippen LogP contribution in [0, 0.1) is 10.1 Å². The van der Waals surface area contributed by atoms with E-state index < -0.39 is 10.8 Å². The van der Waals surface area contributed by atoms with Gasteiger partial charge in [-0.1, -0.05) is 22.0 Å². The number of nitrogens with zero attached hydrogens (tertiary/aromatic N) is 1. The molecule has 2 aromatic rings. The largest absolute Gasteiger partial charge is 0.493 e. The van der Waals surface area contributed by atoms with E-state index in [1.807, 2.05) is 6.07 Å². The Balaban J connectivity index is 2.03. The summed E-state index contributed by atoms with van der Waals surface area (Å²) in [6.07, 6.45) is 0. The van der Waals surface area contributed by atoms with E-state index in [4.69, 9.17) is 9.47 Å². The fraction of sp³-hybridized carbons (Fsp3) is 0.133. The predicted octanol–water partition coefficient (Wildman–Crippen LogP) is 3.38. The first-order valence-electron chi connectivity index (χ1n) is 6.50. The Bertz CT molecular complexity index is 736. The van der Waals surface area contributed by atoms with Crippen LogP contribution < -0.4 is 14.8 Å². The number of hydrogen-bond donors (Lipinski definition) is 1. The number of halogens is 1. The average Bonchev–Trinajstić information content (AvgIpc) is 2.52. The molecular formula is C15H13BrN2O5. The fourth-order valence-electron chi connectivity index (χ4n) is 1.80. The van der Waals surface area contributed by atoms with Crippen LogP contribution >= 0.6 is 15.9 Å². The van der Waals surface area contributed by atoms with Gasteiger partial charge in [0.25, 0.3) is 11.6 Å². The lowest BCUT2D eigenvalue weighted by Crippen LogP contribution is -2.20. The van der Waals surface area contributed by atoms with E-state index in [0.29, 0.717) is 11.4 Å². The number of nitrogens with one attached hydrogen (secondary N) is 1. The van der Waals surface area contributed by atoms with Gasteiger partial charge in [0.15, 0.2) is 18.1 Å². The van der Waals surface area contributed by atoms with Crippen LogP contribution in [0.25, 0.3) is 0 Å². The quantitative estimate of drug-likeness (QED) is 0.612. The minimum atomic E-state index is -0.548. The van der Waals surface area contributed by atoms with E-state index in [1.54, 1.807) is 18.2 Å². The number of non-ortho nitro benzene ring substituents is 1. The first kappa shape index (κ1) is 16.8. The van der Waals surface area contributed by atoms with Gasteiger partial charge >= 0.3 is 0 Å². The first-order chi connectivity index (χ1) is 11.0. The summed E-state index contributed by atoms with van der Waals surface area (Å²) in [5.74, 6) is 0.0496. The maximum absolute atomic E-state index is 11.9. The Hall–Kier alpha value is -2.61. The number of methoxy groups -OCH3 is 1. The molecule has 1 amide bonds. The van der Waals surface area contributed by atoms with Gasteiger partial charge < -0.3 is 14.8 Å². The van der Waals surface area contributed by atoms with Gasteiger partial charge in [-0.2, -0.15) is 0 Å². The molecule has 0 aliphatic rings. The van der Waals surface area contributed by atoms with Crippen LogP contribution in [0.1, 0.15) is 0 Å². The van der Waals surface area contributed by atoms with Crippen LogP contribution in [0.15, 0.2) is 46.9 Å². The number of carbonyl (C=O) groups excluding carboxylic acids is 1. The number of carbonyl (C=O) groups is 1. The van der Waals surface area contributed by atoms with Crippen molar-refractivity contribution in [2.24, 2.45) is 0 Å². The van der Waals surface area contributed by atoms with Crippen LogP contribution in [0.2, 0.25) is 0 Å². The summed E-state index contributed by atoms with van der Waals surface area (Å²) in [5, 5.41) is 13.4. The van der Waals surface area contributed by atoms with Crippen LogP contribution in [0.4, 0.5) is 11.4 Å². The molecule has 2 aromatic carbocycles. The van der Waals surface area contributed by atoms with Crippen LogP contribution in [-0.4, -0.2) is 24.5 Å². The number of nitro benzene ring substituents is 1. The Labute approximate surface area is 140 Å². The molecule has 0 aliphatic heterocycles. The molecule has 0 atom stereocenters. The highest BCUT2D eigenvalue weighted by atomic mass is 79.9. The van der Waals surface area contributed by atoms with Crippen molar-refractivity contribution in [3.8, 4) is 11.5 Å². The number of ether oxygens (including phenoxy) is 2. The molecule has 0 saturated carbocycles. The summed E-state index contributed by atoms with van der Waals surface area (Å²) in [4.78, 5) is 22.1. The van der Waals surface area contributed by atoms with Gasteiger partial charge in [-0.3, -0.25) is 14.9 Å². The van der Waals surface area contributed by atoms with Crippen molar-refractivity contribution in [2.75, 3.05) is 19.0 Å². The second kappa shape index (κ2) is 7.59. The van der Waals surface area contributed by atoms with Gasteiger partial charge in [0.1, 0.15) is 0 Å². The molecule has 7 nitrogen and oxygen atoms in total. The summed E-state index contributed by atoms with van der Waals surface area (Å²) in [7, 11) is 1.41. The number of rotatable bonds is 6. The van der Waals surface area contributed by atoms with Crippen LogP contribution in [-0.2, 0) is 4.79 Å². The monoisotopic (exact) mass is 380 g/mol. The lowest BCUT2D eigenvalue weighted by Gasteiger charge is -2.10. The topological polar surface area (TPSA) is 90.7 Å². The van der Waals surface area contributed by atoms with E-state index in [9.17, 15) is 14.9 Å². The lowest BCUT2D eigenvalue weighted by molar-refractivity contribution is -0.385. The Kier molecular flexibility index (Phi) is 5.53. The maximum atomic E-state index is 11.9. The third-order valence-corrected chi connectivity index (χ3v) is 3.32. The van der Waals surface area contributed by atoms with Gasteiger partial charge in [0, 0.05) is 16.2 Å². The SMILES string of the molecule is COc1ccc([N+](=O)[O-])cc1OCC(=O)Nc1cccc(Br)c1. The highest BCUT2D eigenvalue weighted by molar-refractivity contribution is 9.10. The van der Waals surface area contributed by atoms with Crippen molar-refractivity contribution in [3.05, 3.63) is 57.1 Å². The lowest BCUT2D eigenvalue weighted by atomic mass is 10.3. The second-order valence-electron chi connectivity index (χ2n) is 4.44. The third-order valence-electron chi connectivity index (χ3n) is 2.83. The summed E-state index contributed by atoms with van der Waals surface area (Å²) >= 11 is 3.31. The molecule has 0 heterocycles. The Morgan fingerprint density at radius 1 is 1.26 bits per heavy atom. The van der Waals surface area contributed by atoms with Crippen molar-refractivity contribution >= 4 is 33.2 Å². The molecule has 23 heavy (non-hydrogen) atoms. The van der Waals surface area contributed by atoms with Gasteiger partial charge in [-0.25, -0.2) is 0 Å². The van der Waals surface area contributed by atoms with E-state index >= 15 is 0 Å². The highest BCUT2D eigenvalue weighted by Crippen LogP contribution is 2.31. The fourth-order valence-corrected chi connectivity index (χ4v) is 2.20. The van der Waals surface area contributed by atoms with E-state index in [0.717, 1.165) is 4.47 Å². The predicted molar refractivity (Wildman–Crippen MR) is 87.9 cm³/mol. The van der Waals surface area contributed by atoms with Crippen LogP contribution in [0.3, 0.4) is 0 Å². The smallest absolute Gasteiger partial charge is 0.273 e. The number of nitro groups is 1. The number of amides is 1. The van der Waals surface area contributed by atoms with Crippen molar-refractivity contribution in [1.82, 2.24) is 0 Å². The minimum Gasteiger partial charge on any atom is -0.493 e. The molecule has 120 valence electrons. The molecule has 0 unspecified atom stereocenters. The summed E-state index contributed by atoms with van der Waals surface area (Å²) < 4.78 is 11.2. The molecule has 0 aromatic heterocycles.